The Bertz CT molecular complexity index is 997. The highest BCUT2D eigenvalue weighted by Crippen LogP contribution is 2.22. The van der Waals surface area contributed by atoms with Gasteiger partial charge in [-0.15, -0.1) is 0 Å². The maximum atomic E-state index is 12.5. The van der Waals surface area contributed by atoms with Gasteiger partial charge < -0.3 is 19.1 Å². The number of amides is 1. The molecule has 1 fully saturated rings. The lowest BCUT2D eigenvalue weighted by Crippen LogP contribution is -2.49. The van der Waals surface area contributed by atoms with Gasteiger partial charge in [0.2, 0.25) is 0 Å². The lowest BCUT2D eigenvalue weighted by molar-refractivity contribution is 0.149. The minimum Gasteiger partial charge on any atom is -0.410 e. The number of pyridine rings is 1. The molecule has 1 saturated heterocycles. The number of hydrogen-bond acceptors (Lipinski definition) is 6. The number of piperazine rings is 1. The second kappa shape index (κ2) is 9.21. The molecule has 3 aromatic rings. The third kappa shape index (κ3) is 4.94. The molecule has 0 N–H and O–H groups in total. The van der Waals surface area contributed by atoms with Crippen LogP contribution in [-0.4, -0.2) is 51.7 Å². The summed E-state index contributed by atoms with van der Waals surface area (Å²) in [6, 6.07) is 13.7. The van der Waals surface area contributed by atoms with E-state index in [2.05, 4.69) is 14.9 Å². The van der Waals surface area contributed by atoms with Gasteiger partial charge in [0.15, 0.2) is 5.16 Å². The lowest BCUT2D eigenvalue weighted by Gasteiger charge is -2.34. The van der Waals surface area contributed by atoms with Crippen molar-refractivity contribution in [1.29, 1.82) is 0 Å². The van der Waals surface area contributed by atoms with Crippen molar-refractivity contribution in [2.75, 3.05) is 31.1 Å². The van der Waals surface area contributed by atoms with Crippen molar-refractivity contribution in [3.63, 3.8) is 0 Å². The standard InChI is InChI=1S/C22H25N5O2S/c1-17-4-3-5-20(24-17)26-12-14-27(15-13-26)22(28)29-19-8-6-18(7-9-19)16-30-21-23-10-11-25(21)2/h3-11H,12-16H2,1-2H3. The highest BCUT2D eigenvalue weighted by atomic mass is 32.2. The van der Waals surface area contributed by atoms with Crippen molar-refractivity contribution in [2.45, 2.75) is 17.8 Å². The number of ether oxygens (including phenoxy) is 1. The Morgan fingerprint density at radius 3 is 2.53 bits per heavy atom. The summed E-state index contributed by atoms with van der Waals surface area (Å²) in [5, 5.41) is 0.977. The van der Waals surface area contributed by atoms with Crippen molar-refractivity contribution >= 4 is 23.7 Å². The molecule has 30 heavy (non-hydrogen) atoms. The first-order valence-electron chi connectivity index (χ1n) is 9.93. The zero-order valence-electron chi connectivity index (χ0n) is 17.2. The number of imidazole rings is 1. The number of aryl methyl sites for hydroxylation is 2. The third-order valence-corrected chi connectivity index (χ3v) is 6.14. The molecule has 2 aromatic heterocycles. The number of carbonyl (C=O) groups excluding carboxylic acids is 1. The van der Waals surface area contributed by atoms with Gasteiger partial charge in [-0.05, 0) is 36.8 Å². The quantitative estimate of drug-likeness (QED) is 0.583. The Labute approximate surface area is 180 Å². The number of rotatable bonds is 5. The van der Waals surface area contributed by atoms with E-state index in [1.165, 1.54) is 0 Å². The first-order valence-corrected chi connectivity index (χ1v) is 10.9. The molecule has 1 aliphatic rings. The van der Waals surface area contributed by atoms with Gasteiger partial charge in [-0.1, -0.05) is 30.0 Å². The molecule has 0 bridgehead atoms. The molecule has 4 rings (SSSR count). The summed E-state index contributed by atoms with van der Waals surface area (Å²) in [4.78, 5) is 25.3. The van der Waals surface area contributed by atoms with Crippen LogP contribution in [0.25, 0.3) is 0 Å². The number of thioether (sulfide) groups is 1. The van der Waals surface area contributed by atoms with Crippen molar-refractivity contribution in [2.24, 2.45) is 7.05 Å². The molecule has 8 heteroatoms. The van der Waals surface area contributed by atoms with Crippen LogP contribution in [0.3, 0.4) is 0 Å². The second-order valence-electron chi connectivity index (χ2n) is 7.23. The SMILES string of the molecule is Cc1cccc(N2CCN(C(=O)Oc3ccc(CSc4nccn4C)cc3)CC2)n1. The largest absolute Gasteiger partial charge is 0.415 e. The number of aromatic nitrogens is 3. The monoisotopic (exact) mass is 423 g/mol. The summed E-state index contributed by atoms with van der Waals surface area (Å²) in [6.45, 7) is 4.71. The van der Waals surface area contributed by atoms with Gasteiger partial charge in [0.1, 0.15) is 11.6 Å². The van der Waals surface area contributed by atoms with Gasteiger partial charge in [0.25, 0.3) is 0 Å². The molecule has 0 atom stereocenters. The fraction of sp³-hybridized carbons (Fsp3) is 0.318. The predicted octanol–water partition coefficient (Wildman–Crippen LogP) is 3.74. The molecule has 1 aliphatic heterocycles. The van der Waals surface area contributed by atoms with Crippen LogP contribution in [0.5, 0.6) is 5.75 Å². The summed E-state index contributed by atoms with van der Waals surface area (Å²) in [7, 11) is 1.98. The summed E-state index contributed by atoms with van der Waals surface area (Å²) >= 11 is 1.67. The molecule has 156 valence electrons. The average molecular weight is 424 g/mol. The minimum absolute atomic E-state index is 0.304. The summed E-state index contributed by atoms with van der Waals surface area (Å²) in [5.74, 6) is 2.34. The molecule has 0 unspecified atom stereocenters. The lowest BCUT2D eigenvalue weighted by atomic mass is 10.2. The minimum atomic E-state index is -0.304. The van der Waals surface area contributed by atoms with Gasteiger partial charge in [-0.2, -0.15) is 0 Å². The Morgan fingerprint density at radius 2 is 1.87 bits per heavy atom. The van der Waals surface area contributed by atoms with E-state index in [4.69, 9.17) is 4.74 Å². The van der Waals surface area contributed by atoms with Gasteiger partial charge in [0, 0.05) is 57.1 Å². The molecule has 0 aliphatic carbocycles. The number of hydrogen-bond donors (Lipinski definition) is 0. The van der Waals surface area contributed by atoms with Crippen LogP contribution in [0, 0.1) is 6.92 Å². The molecule has 3 heterocycles. The van der Waals surface area contributed by atoms with E-state index >= 15 is 0 Å². The van der Waals surface area contributed by atoms with Crippen LogP contribution >= 0.6 is 11.8 Å². The normalized spacial score (nSPS) is 14.1. The summed E-state index contributed by atoms with van der Waals surface area (Å²) < 4.78 is 7.56. The fourth-order valence-electron chi connectivity index (χ4n) is 3.28. The van der Waals surface area contributed by atoms with Crippen molar-refractivity contribution < 1.29 is 9.53 Å². The molecule has 0 spiro atoms. The number of nitrogens with zero attached hydrogens (tertiary/aromatic N) is 5. The molecule has 1 aromatic carbocycles. The van der Waals surface area contributed by atoms with E-state index < -0.39 is 0 Å². The number of carbonyl (C=O) groups is 1. The highest BCUT2D eigenvalue weighted by Gasteiger charge is 2.23. The van der Waals surface area contributed by atoms with Gasteiger partial charge in [0.05, 0.1) is 0 Å². The van der Waals surface area contributed by atoms with Gasteiger partial charge >= 0.3 is 6.09 Å². The van der Waals surface area contributed by atoms with Crippen LogP contribution in [0.1, 0.15) is 11.3 Å². The maximum Gasteiger partial charge on any atom is 0.415 e. The van der Waals surface area contributed by atoms with E-state index in [1.54, 1.807) is 22.9 Å². The maximum absolute atomic E-state index is 12.5. The number of anilines is 1. The first kappa shape index (κ1) is 20.3. The molecule has 0 saturated carbocycles. The Balaban J connectivity index is 1.26. The molecule has 1 amide bonds. The smallest absolute Gasteiger partial charge is 0.410 e. The van der Waals surface area contributed by atoms with Crippen molar-refractivity contribution in [3.05, 3.63) is 66.1 Å². The van der Waals surface area contributed by atoms with E-state index in [9.17, 15) is 4.79 Å². The molecular weight excluding hydrogens is 398 g/mol. The number of benzene rings is 1. The Kier molecular flexibility index (Phi) is 6.23. The van der Waals surface area contributed by atoms with Crippen LogP contribution in [0.2, 0.25) is 0 Å². The second-order valence-corrected chi connectivity index (χ2v) is 8.18. The van der Waals surface area contributed by atoms with E-state index in [0.717, 1.165) is 41.1 Å². The first-order chi connectivity index (χ1) is 14.6. The Morgan fingerprint density at radius 1 is 1.10 bits per heavy atom. The molecular formula is C22H25N5O2S. The van der Waals surface area contributed by atoms with Crippen LogP contribution in [0.15, 0.2) is 60.0 Å². The molecule has 0 radical (unpaired) electrons. The van der Waals surface area contributed by atoms with E-state index in [-0.39, 0.29) is 6.09 Å². The zero-order valence-corrected chi connectivity index (χ0v) is 18.0. The molecule has 7 nitrogen and oxygen atoms in total. The predicted molar refractivity (Wildman–Crippen MR) is 118 cm³/mol. The fourth-order valence-corrected chi connectivity index (χ4v) is 4.17. The topological polar surface area (TPSA) is 63.5 Å². The van der Waals surface area contributed by atoms with Crippen molar-refractivity contribution in [3.8, 4) is 5.75 Å². The Hall–Kier alpha value is -3.00. The van der Waals surface area contributed by atoms with Crippen LogP contribution in [0.4, 0.5) is 10.6 Å². The highest BCUT2D eigenvalue weighted by molar-refractivity contribution is 7.98. The summed E-state index contributed by atoms with van der Waals surface area (Å²) in [6.07, 6.45) is 3.42. The third-order valence-electron chi connectivity index (χ3n) is 5.01. The van der Waals surface area contributed by atoms with E-state index in [1.807, 2.05) is 67.2 Å². The van der Waals surface area contributed by atoms with Crippen LogP contribution in [-0.2, 0) is 12.8 Å². The van der Waals surface area contributed by atoms with Gasteiger partial charge in [-0.25, -0.2) is 14.8 Å². The zero-order chi connectivity index (χ0) is 20.9. The van der Waals surface area contributed by atoms with Gasteiger partial charge in [-0.3, -0.25) is 0 Å². The van der Waals surface area contributed by atoms with Crippen LogP contribution < -0.4 is 9.64 Å². The summed E-state index contributed by atoms with van der Waals surface area (Å²) in [5.41, 5.74) is 2.15. The van der Waals surface area contributed by atoms with Crippen molar-refractivity contribution in [1.82, 2.24) is 19.4 Å². The van der Waals surface area contributed by atoms with E-state index in [0.29, 0.717) is 18.8 Å². The average Bonchev–Trinajstić information content (AvgIpc) is 3.18.